The summed E-state index contributed by atoms with van der Waals surface area (Å²) >= 11 is 1.08. The van der Waals surface area contributed by atoms with Crippen molar-refractivity contribution in [1.82, 2.24) is 24.7 Å². The van der Waals surface area contributed by atoms with E-state index in [0.29, 0.717) is 23.7 Å². The van der Waals surface area contributed by atoms with Crippen molar-refractivity contribution in [3.63, 3.8) is 0 Å². The fourth-order valence-electron chi connectivity index (χ4n) is 3.02. The Hall–Kier alpha value is -2.32. The lowest BCUT2D eigenvalue weighted by Crippen LogP contribution is -2.60. The zero-order valence-corrected chi connectivity index (χ0v) is 15.1. The molecular weight excluding hydrogens is 338 g/mol. The van der Waals surface area contributed by atoms with Crippen molar-refractivity contribution < 1.29 is 9.59 Å². The maximum Gasteiger partial charge on any atom is 0.268 e. The molecule has 2 aromatic rings. The fraction of sp³-hybridized carbons (Fsp3) is 0.412. The first-order valence-electron chi connectivity index (χ1n) is 8.18. The summed E-state index contributed by atoms with van der Waals surface area (Å²) in [5, 5.41) is 6.58. The SMILES string of the molecule is CNC(=O)C1CN(Cc2ccccc2)CCN1C(=O)c1snnc1C. The molecule has 0 spiro atoms. The van der Waals surface area contributed by atoms with Gasteiger partial charge in [0.25, 0.3) is 5.91 Å². The standard InChI is InChI=1S/C17H21N5O2S/c1-12-15(25-20-19-12)17(24)22-9-8-21(11-14(22)16(23)18-2)10-13-6-4-3-5-7-13/h3-7,14H,8-11H2,1-2H3,(H,18,23). The molecule has 0 saturated carbocycles. The number of carbonyl (C=O) groups is 2. The number of benzene rings is 1. The Balaban J connectivity index is 1.76. The molecule has 1 aromatic carbocycles. The Bertz CT molecular complexity index is 749. The minimum atomic E-state index is -0.517. The first-order valence-corrected chi connectivity index (χ1v) is 8.95. The summed E-state index contributed by atoms with van der Waals surface area (Å²) in [5.74, 6) is -0.318. The van der Waals surface area contributed by atoms with E-state index in [0.717, 1.165) is 24.6 Å². The van der Waals surface area contributed by atoms with Gasteiger partial charge in [-0.3, -0.25) is 14.5 Å². The van der Waals surface area contributed by atoms with Gasteiger partial charge in [0, 0.05) is 33.2 Å². The van der Waals surface area contributed by atoms with Gasteiger partial charge in [-0.15, -0.1) is 5.10 Å². The highest BCUT2D eigenvalue weighted by Crippen LogP contribution is 2.19. The molecule has 25 heavy (non-hydrogen) atoms. The van der Waals surface area contributed by atoms with E-state index in [9.17, 15) is 9.59 Å². The van der Waals surface area contributed by atoms with Crippen LogP contribution in [0, 0.1) is 6.92 Å². The zero-order chi connectivity index (χ0) is 17.8. The van der Waals surface area contributed by atoms with Gasteiger partial charge in [-0.05, 0) is 24.0 Å². The van der Waals surface area contributed by atoms with Crippen molar-refractivity contribution in [1.29, 1.82) is 0 Å². The van der Waals surface area contributed by atoms with Crippen LogP contribution in [0.25, 0.3) is 0 Å². The minimum absolute atomic E-state index is 0.152. The summed E-state index contributed by atoms with van der Waals surface area (Å²) < 4.78 is 3.83. The summed E-state index contributed by atoms with van der Waals surface area (Å²) in [5.41, 5.74) is 1.80. The van der Waals surface area contributed by atoms with E-state index in [1.165, 1.54) is 5.56 Å². The molecule has 1 atom stereocenters. The highest BCUT2D eigenvalue weighted by Gasteiger charge is 2.36. The van der Waals surface area contributed by atoms with Crippen LogP contribution in [0.15, 0.2) is 30.3 Å². The average molecular weight is 359 g/mol. The number of hydrogen-bond acceptors (Lipinski definition) is 6. The maximum absolute atomic E-state index is 12.8. The third-order valence-corrected chi connectivity index (χ3v) is 5.19. The number of aromatic nitrogens is 2. The minimum Gasteiger partial charge on any atom is -0.357 e. The molecule has 2 amide bonds. The third kappa shape index (κ3) is 3.85. The number of amides is 2. The van der Waals surface area contributed by atoms with E-state index in [-0.39, 0.29) is 11.8 Å². The van der Waals surface area contributed by atoms with Crippen molar-refractivity contribution in [2.45, 2.75) is 19.5 Å². The maximum atomic E-state index is 12.8. The first kappa shape index (κ1) is 17.5. The van der Waals surface area contributed by atoms with Crippen LogP contribution in [0.3, 0.4) is 0 Å². The molecule has 1 saturated heterocycles. The topological polar surface area (TPSA) is 78.4 Å². The summed E-state index contributed by atoms with van der Waals surface area (Å²) in [6.07, 6.45) is 0. The molecule has 3 rings (SSSR count). The van der Waals surface area contributed by atoms with E-state index in [1.807, 2.05) is 18.2 Å². The van der Waals surface area contributed by atoms with Gasteiger partial charge in [0.1, 0.15) is 10.9 Å². The average Bonchev–Trinajstić information content (AvgIpc) is 3.07. The molecule has 0 bridgehead atoms. The van der Waals surface area contributed by atoms with Crippen LogP contribution in [0.5, 0.6) is 0 Å². The van der Waals surface area contributed by atoms with Crippen LogP contribution < -0.4 is 5.32 Å². The van der Waals surface area contributed by atoms with Crippen LogP contribution >= 0.6 is 11.5 Å². The lowest BCUT2D eigenvalue weighted by molar-refractivity contribution is -0.127. The monoisotopic (exact) mass is 359 g/mol. The second-order valence-corrected chi connectivity index (χ2v) is 6.79. The van der Waals surface area contributed by atoms with Crippen LogP contribution in [0.1, 0.15) is 20.9 Å². The van der Waals surface area contributed by atoms with Gasteiger partial charge in [-0.2, -0.15) is 0 Å². The number of nitrogens with zero attached hydrogens (tertiary/aromatic N) is 4. The molecule has 1 unspecified atom stereocenters. The molecule has 1 aliphatic rings. The molecule has 7 nitrogen and oxygen atoms in total. The Labute approximate surface area is 150 Å². The third-order valence-electron chi connectivity index (χ3n) is 4.37. The van der Waals surface area contributed by atoms with E-state index in [4.69, 9.17) is 0 Å². The predicted octanol–water partition coefficient (Wildman–Crippen LogP) is 0.919. The Morgan fingerprint density at radius 3 is 2.68 bits per heavy atom. The van der Waals surface area contributed by atoms with Gasteiger partial charge in [0.05, 0.1) is 5.69 Å². The number of rotatable bonds is 4. The highest BCUT2D eigenvalue weighted by molar-refractivity contribution is 7.08. The number of hydrogen-bond donors (Lipinski definition) is 1. The number of carbonyl (C=O) groups excluding carboxylic acids is 2. The number of likely N-dealkylation sites (N-methyl/N-ethyl adjacent to an activating group) is 1. The lowest BCUT2D eigenvalue weighted by atomic mass is 10.1. The smallest absolute Gasteiger partial charge is 0.268 e. The molecule has 1 aromatic heterocycles. The van der Waals surface area contributed by atoms with Gasteiger partial charge in [0.2, 0.25) is 5.91 Å². The molecule has 8 heteroatoms. The van der Waals surface area contributed by atoms with Crippen LogP contribution in [-0.2, 0) is 11.3 Å². The molecule has 0 aliphatic carbocycles. The van der Waals surface area contributed by atoms with Crippen molar-refractivity contribution in [3.05, 3.63) is 46.5 Å². The Morgan fingerprint density at radius 1 is 1.28 bits per heavy atom. The molecular formula is C17H21N5O2S. The summed E-state index contributed by atoms with van der Waals surface area (Å²) in [7, 11) is 1.60. The van der Waals surface area contributed by atoms with Crippen molar-refractivity contribution in [2.24, 2.45) is 0 Å². The highest BCUT2D eigenvalue weighted by atomic mass is 32.1. The number of aryl methyl sites for hydroxylation is 1. The zero-order valence-electron chi connectivity index (χ0n) is 14.3. The largest absolute Gasteiger partial charge is 0.357 e. The molecule has 0 radical (unpaired) electrons. The quantitative estimate of drug-likeness (QED) is 0.878. The van der Waals surface area contributed by atoms with Crippen LogP contribution in [0.4, 0.5) is 0 Å². The van der Waals surface area contributed by atoms with E-state index in [2.05, 4.69) is 31.9 Å². The molecule has 2 heterocycles. The van der Waals surface area contributed by atoms with Crippen molar-refractivity contribution in [3.8, 4) is 0 Å². The van der Waals surface area contributed by atoms with Gasteiger partial charge in [-0.1, -0.05) is 34.8 Å². The molecule has 1 fully saturated rings. The van der Waals surface area contributed by atoms with Gasteiger partial charge in [-0.25, -0.2) is 0 Å². The second-order valence-electron chi connectivity index (χ2n) is 6.04. The number of piperazine rings is 1. The van der Waals surface area contributed by atoms with E-state index >= 15 is 0 Å². The molecule has 1 aliphatic heterocycles. The summed E-state index contributed by atoms with van der Waals surface area (Å²) in [6, 6.07) is 9.61. The fourth-order valence-corrected chi connectivity index (χ4v) is 3.63. The molecule has 132 valence electrons. The molecule has 1 N–H and O–H groups in total. The van der Waals surface area contributed by atoms with Crippen LogP contribution in [0.2, 0.25) is 0 Å². The summed E-state index contributed by atoms with van der Waals surface area (Å²) in [6.45, 7) is 4.25. The Kier molecular flexibility index (Phi) is 5.40. The Morgan fingerprint density at radius 2 is 2.04 bits per heavy atom. The van der Waals surface area contributed by atoms with Crippen molar-refractivity contribution >= 4 is 23.3 Å². The van der Waals surface area contributed by atoms with E-state index in [1.54, 1.807) is 18.9 Å². The van der Waals surface area contributed by atoms with Crippen molar-refractivity contribution in [2.75, 3.05) is 26.7 Å². The predicted molar refractivity (Wildman–Crippen MR) is 95.3 cm³/mol. The van der Waals surface area contributed by atoms with E-state index < -0.39 is 6.04 Å². The normalized spacial score (nSPS) is 18.2. The number of nitrogens with one attached hydrogen (secondary N) is 1. The van der Waals surface area contributed by atoms with Gasteiger partial charge >= 0.3 is 0 Å². The first-order chi connectivity index (χ1) is 12.1. The van der Waals surface area contributed by atoms with Crippen LogP contribution in [-0.4, -0.2) is 63.9 Å². The summed E-state index contributed by atoms with van der Waals surface area (Å²) in [4.78, 5) is 29.6. The second kappa shape index (κ2) is 7.71. The lowest BCUT2D eigenvalue weighted by Gasteiger charge is -2.40. The van der Waals surface area contributed by atoms with Gasteiger partial charge < -0.3 is 10.2 Å². The van der Waals surface area contributed by atoms with Gasteiger partial charge in [0.15, 0.2) is 0 Å².